The maximum Gasteiger partial charge on any atom is 0.154 e. The van der Waals surface area contributed by atoms with Crippen LogP contribution in [0.2, 0.25) is 5.02 Å². The van der Waals surface area contributed by atoms with Crippen molar-refractivity contribution in [3.63, 3.8) is 0 Å². The van der Waals surface area contributed by atoms with Crippen molar-refractivity contribution >= 4 is 28.5 Å². The molecule has 4 rings (SSSR count). The van der Waals surface area contributed by atoms with E-state index in [4.69, 9.17) is 27.1 Å². The van der Waals surface area contributed by atoms with Crippen LogP contribution in [0.1, 0.15) is 31.7 Å². The van der Waals surface area contributed by atoms with Gasteiger partial charge >= 0.3 is 0 Å². The molecule has 1 aromatic heterocycles. The van der Waals surface area contributed by atoms with Crippen LogP contribution in [0.3, 0.4) is 0 Å². The topological polar surface area (TPSA) is 80.7 Å². The smallest absolute Gasteiger partial charge is 0.154 e. The standard InChI is InChI=1S/C20H22ClN3O2S/c1-12(25)2-4-16-8-20(11-27-19(22)24-20)17-7-13(3-5-18(17)26-16)14-6-15(21)10-23-9-14/h3,5-7,9-10,12,16,25H,2,4,8,11H2,1H3,(H2,22,24). The number of aromatic nitrogens is 1. The molecular weight excluding hydrogens is 382 g/mol. The molecule has 5 nitrogen and oxygen atoms in total. The van der Waals surface area contributed by atoms with Gasteiger partial charge in [0, 0.05) is 35.7 Å². The van der Waals surface area contributed by atoms with Gasteiger partial charge in [-0.05, 0) is 43.5 Å². The predicted molar refractivity (Wildman–Crippen MR) is 110 cm³/mol. The molecule has 2 aliphatic heterocycles. The van der Waals surface area contributed by atoms with Crippen LogP contribution in [0.4, 0.5) is 0 Å². The number of rotatable bonds is 4. The van der Waals surface area contributed by atoms with E-state index in [1.165, 1.54) is 0 Å². The number of amidine groups is 1. The van der Waals surface area contributed by atoms with Crippen molar-refractivity contribution in [2.24, 2.45) is 10.7 Å². The van der Waals surface area contributed by atoms with Crippen LogP contribution in [0, 0.1) is 0 Å². The summed E-state index contributed by atoms with van der Waals surface area (Å²) in [7, 11) is 0. The van der Waals surface area contributed by atoms with Gasteiger partial charge in [-0.1, -0.05) is 29.4 Å². The molecule has 27 heavy (non-hydrogen) atoms. The lowest BCUT2D eigenvalue weighted by Gasteiger charge is -2.38. The van der Waals surface area contributed by atoms with Crippen molar-refractivity contribution in [3.8, 4) is 16.9 Å². The molecule has 3 N–H and O–H groups in total. The van der Waals surface area contributed by atoms with E-state index in [1.54, 1.807) is 31.1 Å². The summed E-state index contributed by atoms with van der Waals surface area (Å²) in [6.45, 7) is 1.80. The number of ether oxygens (including phenoxy) is 1. The normalized spacial score (nSPS) is 25.0. The fourth-order valence-corrected chi connectivity index (χ4v) is 4.89. The minimum atomic E-state index is -0.381. The van der Waals surface area contributed by atoms with Crippen LogP contribution in [0.15, 0.2) is 41.7 Å². The first-order chi connectivity index (χ1) is 12.9. The molecule has 0 amide bonds. The molecule has 142 valence electrons. The van der Waals surface area contributed by atoms with Gasteiger partial charge in [0.2, 0.25) is 0 Å². The van der Waals surface area contributed by atoms with E-state index >= 15 is 0 Å². The summed E-state index contributed by atoms with van der Waals surface area (Å²) in [4.78, 5) is 9.01. The third-order valence-electron chi connectivity index (χ3n) is 5.07. The van der Waals surface area contributed by atoms with Gasteiger partial charge in [-0.25, -0.2) is 0 Å². The van der Waals surface area contributed by atoms with E-state index in [2.05, 4.69) is 11.1 Å². The molecule has 0 fully saturated rings. The number of pyridine rings is 1. The number of aliphatic hydroxyl groups excluding tert-OH is 1. The van der Waals surface area contributed by atoms with Gasteiger partial charge in [0.05, 0.1) is 11.1 Å². The summed E-state index contributed by atoms with van der Waals surface area (Å²) in [5, 5.41) is 10.9. The molecule has 0 saturated heterocycles. The molecule has 2 aromatic rings. The number of hydrogen-bond donors (Lipinski definition) is 2. The first kappa shape index (κ1) is 18.6. The molecule has 3 unspecified atom stereocenters. The average Bonchev–Trinajstić information content (AvgIpc) is 3.01. The van der Waals surface area contributed by atoms with E-state index in [-0.39, 0.29) is 17.7 Å². The second-order valence-electron chi connectivity index (χ2n) is 7.24. The molecule has 0 saturated carbocycles. The molecule has 0 aliphatic carbocycles. The first-order valence-electron chi connectivity index (χ1n) is 9.03. The average molecular weight is 404 g/mol. The van der Waals surface area contributed by atoms with Crippen molar-refractivity contribution in [1.82, 2.24) is 4.98 Å². The largest absolute Gasteiger partial charge is 0.490 e. The van der Waals surface area contributed by atoms with E-state index in [0.717, 1.165) is 41.0 Å². The fourth-order valence-electron chi connectivity index (χ4n) is 3.75. The number of benzene rings is 1. The number of nitrogens with zero attached hydrogens (tertiary/aromatic N) is 2. The van der Waals surface area contributed by atoms with Crippen LogP contribution in [0.5, 0.6) is 5.75 Å². The second kappa shape index (κ2) is 7.34. The maximum absolute atomic E-state index is 9.64. The predicted octanol–water partition coefficient (Wildman–Crippen LogP) is 3.97. The molecular formula is C20H22ClN3O2S. The minimum absolute atomic E-state index is 0.0148. The highest BCUT2D eigenvalue weighted by Crippen LogP contribution is 2.49. The van der Waals surface area contributed by atoms with Gasteiger partial charge in [0.25, 0.3) is 0 Å². The molecule has 0 bridgehead atoms. The highest BCUT2D eigenvalue weighted by Gasteiger charge is 2.45. The van der Waals surface area contributed by atoms with Gasteiger partial charge in [-0.2, -0.15) is 0 Å². The first-order valence-corrected chi connectivity index (χ1v) is 10.4. The van der Waals surface area contributed by atoms with Crippen LogP contribution in [0.25, 0.3) is 11.1 Å². The Morgan fingerprint density at radius 1 is 1.37 bits per heavy atom. The second-order valence-corrected chi connectivity index (χ2v) is 8.68. The van der Waals surface area contributed by atoms with Crippen LogP contribution in [-0.4, -0.2) is 33.2 Å². The Bertz CT molecular complexity index is 889. The molecule has 3 atom stereocenters. The van der Waals surface area contributed by atoms with E-state index in [9.17, 15) is 5.11 Å². The number of fused-ring (bicyclic) bond motifs is 2. The molecule has 3 heterocycles. The van der Waals surface area contributed by atoms with Crippen LogP contribution in [-0.2, 0) is 5.54 Å². The number of thioether (sulfide) groups is 1. The summed E-state index contributed by atoms with van der Waals surface area (Å²) in [5.74, 6) is 1.65. The Morgan fingerprint density at radius 2 is 2.22 bits per heavy atom. The Kier molecular flexibility index (Phi) is 5.05. The zero-order valence-corrected chi connectivity index (χ0v) is 16.6. The van der Waals surface area contributed by atoms with E-state index in [1.807, 2.05) is 18.2 Å². The van der Waals surface area contributed by atoms with Gasteiger partial charge in [-0.3, -0.25) is 9.98 Å². The SMILES string of the molecule is CC(O)CCC1CC2(CSC(N)=N2)c2cc(-c3cncc(Cl)c3)ccc2O1. The summed E-state index contributed by atoms with van der Waals surface area (Å²) in [5.41, 5.74) is 8.70. The van der Waals surface area contributed by atoms with Crippen LogP contribution < -0.4 is 10.5 Å². The Balaban J connectivity index is 1.73. The van der Waals surface area contributed by atoms with Crippen molar-refractivity contribution in [2.75, 3.05) is 5.75 Å². The van der Waals surface area contributed by atoms with Crippen molar-refractivity contribution in [2.45, 2.75) is 43.9 Å². The number of halogens is 1. The van der Waals surface area contributed by atoms with Crippen molar-refractivity contribution in [1.29, 1.82) is 0 Å². The summed E-state index contributed by atoms with van der Waals surface area (Å²) < 4.78 is 6.25. The summed E-state index contributed by atoms with van der Waals surface area (Å²) in [6, 6.07) is 8.04. The third-order valence-corrected chi connectivity index (χ3v) is 6.28. The van der Waals surface area contributed by atoms with Gasteiger partial charge in [0.1, 0.15) is 17.4 Å². The highest BCUT2D eigenvalue weighted by atomic mass is 35.5. The summed E-state index contributed by atoms with van der Waals surface area (Å²) in [6.07, 6.45) is 5.36. The molecule has 7 heteroatoms. The Hall–Kier alpha value is -1.76. The molecule has 2 aliphatic rings. The number of nitrogens with two attached hydrogens (primary N) is 1. The summed E-state index contributed by atoms with van der Waals surface area (Å²) >= 11 is 7.69. The van der Waals surface area contributed by atoms with Gasteiger partial charge in [0.15, 0.2) is 5.17 Å². The zero-order chi connectivity index (χ0) is 19.0. The minimum Gasteiger partial charge on any atom is -0.490 e. The molecule has 0 radical (unpaired) electrons. The quantitative estimate of drug-likeness (QED) is 0.807. The monoisotopic (exact) mass is 403 g/mol. The fraction of sp³-hybridized carbons (Fsp3) is 0.400. The zero-order valence-electron chi connectivity index (χ0n) is 15.1. The van der Waals surface area contributed by atoms with Gasteiger partial charge in [-0.15, -0.1) is 0 Å². The van der Waals surface area contributed by atoms with E-state index in [0.29, 0.717) is 16.6 Å². The van der Waals surface area contributed by atoms with Crippen LogP contribution >= 0.6 is 23.4 Å². The van der Waals surface area contributed by atoms with Crippen molar-refractivity contribution in [3.05, 3.63) is 47.2 Å². The lowest BCUT2D eigenvalue weighted by Crippen LogP contribution is -2.38. The lowest BCUT2D eigenvalue weighted by molar-refractivity contribution is 0.100. The number of aliphatic hydroxyl groups is 1. The Labute approximate surface area is 168 Å². The molecule has 1 spiro atoms. The maximum atomic E-state index is 9.64. The number of hydrogen-bond acceptors (Lipinski definition) is 6. The van der Waals surface area contributed by atoms with Crippen molar-refractivity contribution < 1.29 is 9.84 Å². The highest BCUT2D eigenvalue weighted by molar-refractivity contribution is 8.14. The van der Waals surface area contributed by atoms with Gasteiger partial charge < -0.3 is 15.6 Å². The van der Waals surface area contributed by atoms with E-state index < -0.39 is 0 Å². The Morgan fingerprint density at radius 3 is 2.93 bits per heavy atom. The molecule has 1 aromatic carbocycles. The number of aliphatic imine (C=N–C) groups is 1. The third kappa shape index (κ3) is 3.79. The lowest BCUT2D eigenvalue weighted by atomic mass is 9.81.